The molecule has 2 heterocycles. The molecule has 0 unspecified atom stereocenters. The second-order valence-corrected chi connectivity index (χ2v) is 5.70. The molecular formula is C17H22N4O3. The van der Waals surface area contributed by atoms with E-state index in [0.717, 1.165) is 35.9 Å². The van der Waals surface area contributed by atoms with Crippen LogP contribution in [-0.2, 0) is 35.6 Å². The van der Waals surface area contributed by atoms with Gasteiger partial charge in [0.25, 0.3) is 0 Å². The molecule has 0 saturated carbocycles. The summed E-state index contributed by atoms with van der Waals surface area (Å²) in [7, 11) is 1.63. The number of ether oxygens (including phenoxy) is 2. The number of fused-ring (bicyclic) bond motifs is 1. The lowest BCUT2D eigenvalue weighted by atomic mass is 10.2. The number of rotatable bonds is 6. The van der Waals surface area contributed by atoms with Crippen molar-refractivity contribution >= 4 is 5.91 Å². The summed E-state index contributed by atoms with van der Waals surface area (Å²) in [5.74, 6) is 2.58. The summed E-state index contributed by atoms with van der Waals surface area (Å²) in [5, 5.41) is 8.33. The van der Waals surface area contributed by atoms with Crippen LogP contribution in [-0.4, -0.2) is 45.8 Å². The molecule has 0 aliphatic carbocycles. The number of hydrogen-bond acceptors (Lipinski definition) is 5. The quantitative estimate of drug-likeness (QED) is 0.801. The zero-order valence-corrected chi connectivity index (χ0v) is 14.1. The zero-order chi connectivity index (χ0) is 16.9. The third kappa shape index (κ3) is 3.56. The Kier molecular flexibility index (Phi) is 5.10. The Morgan fingerprint density at radius 3 is 2.96 bits per heavy atom. The maximum Gasteiger partial charge on any atom is 0.249 e. The summed E-state index contributed by atoms with van der Waals surface area (Å²) in [6, 6.07) is 7.63. The number of methoxy groups -OCH3 is 1. The Labute approximate surface area is 141 Å². The van der Waals surface area contributed by atoms with Gasteiger partial charge in [-0.05, 0) is 17.7 Å². The van der Waals surface area contributed by atoms with Crippen LogP contribution in [0.1, 0.15) is 24.1 Å². The number of nitrogens with zero attached hydrogens (tertiary/aromatic N) is 4. The molecule has 128 valence electrons. The predicted octanol–water partition coefficient (Wildman–Crippen LogP) is 1.41. The van der Waals surface area contributed by atoms with Gasteiger partial charge in [0.1, 0.15) is 18.2 Å². The number of amides is 1. The fraction of sp³-hybridized carbons (Fsp3) is 0.471. The lowest BCUT2D eigenvalue weighted by Gasteiger charge is -2.27. The summed E-state index contributed by atoms with van der Waals surface area (Å²) < 4.78 is 12.8. The molecule has 0 N–H and O–H groups in total. The summed E-state index contributed by atoms with van der Waals surface area (Å²) in [6.45, 7) is 4.40. The maximum absolute atomic E-state index is 12.3. The number of carbonyl (C=O) groups is 1. The van der Waals surface area contributed by atoms with Crippen molar-refractivity contribution in [1.82, 2.24) is 19.7 Å². The van der Waals surface area contributed by atoms with Gasteiger partial charge in [0, 0.05) is 19.5 Å². The van der Waals surface area contributed by atoms with Gasteiger partial charge in [0.05, 0.1) is 20.3 Å². The van der Waals surface area contributed by atoms with E-state index >= 15 is 0 Å². The average Bonchev–Trinajstić information content (AvgIpc) is 3.04. The van der Waals surface area contributed by atoms with E-state index in [2.05, 4.69) is 21.7 Å². The van der Waals surface area contributed by atoms with E-state index < -0.39 is 0 Å². The standard InChI is InChI=1S/C17H22N4O3/c1-3-15-18-19-16-10-20(7-8-21(15)16)17(22)12-24-11-13-5-4-6-14(9-13)23-2/h4-6,9H,3,7-8,10-12H2,1-2H3. The second-order valence-electron chi connectivity index (χ2n) is 5.70. The zero-order valence-electron chi connectivity index (χ0n) is 14.1. The van der Waals surface area contributed by atoms with Crippen LogP contribution in [0.25, 0.3) is 0 Å². The van der Waals surface area contributed by atoms with Crippen molar-refractivity contribution in [3.05, 3.63) is 41.5 Å². The van der Waals surface area contributed by atoms with E-state index in [1.807, 2.05) is 24.3 Å². The first-order chi connectivity index (χ1) is 11.7. The molecule has 0 radical (unpaired) electrons. The van der Waals surface area contributed by atoms with Crippen molar-refractivity contribution in [3.8, 4) is 5.75 Å². The molecule has 24 heavy (non-hydrogen) atoms. The molecule has 0 saturated heterocycles. The maximum atomic E-state index is 12.3. The summed E-state index contributed by atoms with van der Waals surface area (Å²) in [4.78, 5) is 14.1. The van der Waals surface area contributed by atoms with Crippen molar-refractivity contribution < 1.29 is 14.3 Å². The van der Waals surface area contributed by atoms with Gasteiger partial charge in [-0.2, -0.15) is 0 Å². The molecule has 7 heteroatoms. The fourth-order valence-electron chi connectivity index (χ4n) is 2.80. The van der Waals surface area contributed by atoms with Crippen molar-refractivity contribution in [2.45, 2.75) is 33.0 Å². The minimum atomic E-state index is -0.0230. The summed E-state index contributed by atoms with van der Waals surface area (Å²) in [5.41, 5.74) is 0.980. The van der Waals surface area contributed by atoms with Crippen LogP contribution in [0.2, 0.25) is 0 Å². The Balaban J connectivity index is 1.50. The van der Waals surface area contributed by atoms with Gasteiger partial charge in [-0.1, -0.05) is 19.1 Å². The molecule has 1 aromatic carbocycles. The van der Waals surface area contributed by atoms with Gasteiger partial charge in [-0.15, -0.1) is 10.2 Å². The Morgan fingerprint density at radius 2 is 2.17 bits per heavy atom. The van der Waals surface area contributed by atoms with Gasteiger partial charge in [-0.25, -0.2) is 0 Å². The Hall–Kier alpha value is -2.41. The molecular weight excluding hydrogens is 308 g/mol. The van der Waals surface area contributed by atoms with Gasteiger partial charge in [-0.3, -0.25) is 4.79 Å². The van der Waals surface area contributed by atoms with E-state index in [0.29, 0.717) is 19.7 Å². The number of aryl methyl sites for hydroxylation is 1. The van der Waals surface area contributed by atoms with Crippen LogP contribution in [0, 0.1) is 0 Å². The van der Waals surface area contributed by atoms with Crippen molar-refractivity contribution in [3.63, 3.8) is 0 Å². The molecule has 0 atom stereocenters. The van der Waals surface area contributed by atoms with Crippen molar-refractivity contribution in [2.24, 2.45) is 0 Å². The van der Waals surface area contributed by atoms with Crippen LogP contribution < -0.4 is 4.74 Å². The van der Waals surface area contributed by atoms with Crippen LogP contribution in [0.4, 0.5) is 0 Å². The second kappa shape index (κ2) is 7.44. The lowest BCUT2D eigenvalue weighted by Crippen LogP contribution is -2.40. The van der Waals surface area contributed by atoms with Gasteiger partial charge in [0.15, 0.2) is 5.82 Å². The third-order valence-corrected chi connectivity index (χ3v) is 4.13. The molecule has 1 aliphatic heterocycles. The normalized spacial score (nSPS) is 13.7. The first kappa shape index (κ1) is 16.4. The molecule has 1 aliphatic rings. The van der Waals surface area contributed by atoms with Crippen LogP contribution in [0.3, 0.4) is 0 Å². The van der Waals surface area contributed by atoms with Gasteiger partial charge < -0.3 is 18.9 Å². The third-order valence-electron chi connectivity index (χ3n) is 4.13. The highest BCUT2D eigenvalue weighted by atomic mass is 16.5. The molecule has 3 rings (SSSR count). The largest absolute Gasteiger partial charge is 0.497 e. The van der Waals surface area contributed by atoms with Gasteiger partial charge in [0.2, 0.25) is 5.91 Å². The number of carbonyl (C=O) groups excluding carboxylic acids is 1. The minimum absolute atomic E-state index is 0.0230. The Bertz CT molecular complexity index is 714. The van der Waals surface area contributed by atoms with E-state index in [-0.39, 0.29) is 12.5 Å². The van der Waals surface area contributed by atoms with E-state index in [1.165, 1.54) is 0 Å². The molecule has 2 aromatic rings. The first-order valence-corrected chi connectivity index (χ1v) is 8.10. The SMILES string of the molecule is CCc1nnc2n1CCN(C(=O)COCc1cccc(OC)c1)C2. The monoisotopic (exact) mass is 330 g/mol. The Morgan fingerprint density at radius 1 is 1.29 bits per heavy atom. The summed E-state index contributed by atoms with van der Waals surface area (Å²) >= 11 is 0. The van der Waals surface area contributed by atoms with Crippen molar-refractivity contribution in [2.75, 3.05) is 20.3 Å². The molecule has 7 nitrogen and oxygen atoms in total. The topological polar surface area (TPSA) is 69.5 Å². The first-order valence-electron chi connectivity index (χ1n) is 8.10. The number of benzene rings is 1. The highest BCUT2D eigenvalue weighted by Crippen LogP contribution is 2.15. The number of aromatic nitrogens is 3. The van der Waals surface area contributed by atoms with Crippen LogP contribution in [0.5, 0.6) is 5.75 Å². The fourth-order valence-corrected chi connectivity index (χ4v) is 2.80. The highest BCUT2D eigenvalue weighted by molar-refractivity contribution is 5.77. The molecule has 0 fully saturated rings. The average molecular weight is 330 g/mol. The highest BCUT2D eigenvalue weighted by Gasteiger charge is 2.23. The van der Waals surface area contributed by atoms with Crippen LogP contribution >= 0.6 is 0 Å². The predicted molar refractivity (Wildman–Crippen MR) is 87.5 cm³/mol. The van der Waals surface area contributed by atoms with E-state index in [1.54, 1.807) is 12.0 Å². The van der Waals surface area contributed by atoms with Gasteiger partial charge >= 0.3 is 0 Å². The van der Waals surface area contributed by atoms with Crippen molar-refractivity contribution in [1.29, 1.82) is 0 Å². The molecule has 0 bridgehead atoms. The smallest absolute Gasteiger partial charge is 0.249 e. The molecule has 0 spiro atoms. The minimum Gasteiger partial charge on any atom is -0.497 e. The van der Waals surface area contributed by atoms with E-state index in [9.17, 15) is 4.79 Å². The lowest BCUT2D eigenvalue weighted by molar-refractivity contribution is -0.138. The van der Waals surface area contributed by atoms with E-state index in [4.69, 9.17) is 9.47 Å². The number of hydrogen-bond donors (Lipinski definition) is 0. The molecule has 1 aromatic heterocycles. The molecule has 1 amide bonds. The summed E-state index contributed by atoms with van der Waals surface area (Å²) in [6.07, 6.45) is 0.852. The van der Waals surface area contributed by atoms with Crippen LogP contribution in [0.15, 0.2) is 24.3 Å².